The van der Waals surface area contributed by atoms with Gasteiger partial charge in [-0.1, -0.05) is 12.1 Å². The molecule has 0 aromatic heterocycles. The smallest absolute Gasteiger partial charge is 0.244 e. The fraction of sp³-hybridized carbons (Fsp3) is 0.500. The first kappa shape index (κ1) is 15.4. The molecule has 2 amide bonds. The second kappa shape index (κ2) is 7.11. The third kappa shape index (κ3) is 4.48. The summed E-state index contributed by atoms with van der Waals surface area (Å²) in [5.41, 5.74) is 7.17. The molecule has 0 spiro atoms. The van der Waals surface area contributed by atoms with Crippen LogP contribution < -0.4 is 11.1 Å². The van der Waals surface area contributed by atoms with Crippen molar-refractivity contribution in [2.45, 2.75) is 38.6 Å². The monoisotopic (exact) mass is 289 g/mol. The zero-order valence-electron chi connectivity index (χ0n) is 12.5. The molecule has 21 heavy (non-hydrogen) atoms. The number of likely N-dealkylation sites (tertiary alicyclic amines) is 1. The van der Waals surface area contributed by atoms with E-state index in [-0.39, 0.29) is 18.2 Å². The molecule has 0 aliphatic carbocycles. The second-order valence-electron chi connectivity index (χ2n) is 5.59. The number of hydrogen-bond acceptors (Lipinski definition) is 3. The van der Waals surface area contributed by atoms with E-state index in [1.807, 2.05) is 17.0 Å². The number of nitrogen functional groups attached to an aromatic ring is 1. The van der Waals surface area contributed by atoms with Gasteiger partial charge < -0.3 is 16.0 Å². The maximum absolute atomic E-state index is 12.2. The normalized spacial score (nSPS) is 16.3. The van der Waals surface area contributed by atoms with Crippen molar-refractivity contribution in [1.82, 2.24) is 10.2 Å². The Morgan fingerprint density at radius 3 is 2.43 bits per heavy atom. The predicted octanol–water partition coefficient (Wildman–Crippen LogP) is 1.33. The zero-order chi connectivity index (χ0) is 15.2. The molecule has 3 N–H and O–H groups in total. The number of amides is 2. The lowest BCUT2D eigenvalue weighted by molar-refractivity contribution is -0.136. The van der Waals surface area contributed by atoms with E-state index in [4.69, 9.17) is 5.73 Å². The van der Waals surface area contributed by atoms with Gasteiger partial charge in [0.15, 0.2) is 0 Å². The van der Waals surface area contributed by atoms with Crippen LogP contribution in [0.1, 0.15) is 31.7 Å². The van der Waals surface area contributed by atoms with Gasteiger partial charge in [0.25, 0.3) is 0 Å². The van der Waals surface area contributed by atoms with Crippen molar-refractivity contribution in [3.8, 4) is 0 Å². The molecule has 114 valence electrons. The summed E-state index contributed by atoms with van der Waals surface area (Å²) in [5, 5.41) is 2.78. The van der Waals surface area contributed by atoms with Crippen molar-refractivity contribution >= 4 is 17.5 Å². The highest BCUT2D eigenvalue weighted by atomic mass is 16.2. The van der Waals surface area contributed by atoms with E-state index in [0.717, 1.165) is 31.5 Å². The summed E-state index contributed by atoms with van der Waals surface area (Å²) in [5.74, 6) is -0.127. The van der Waals surface area contributed by atoms with Gasteiger partial charge in [-0.2, -0.15) is 0 Å². The summed E-state index contributed by atoms with van der Waals surface area (Å²) in [6, 6.07) is 6.72. The first-order valence-corrected chi connectivity index (χ1v) is 7.49. The second-order valence-corrected chi connectivity index (χ2v) is 5.59. The number of piperidine rings is 1. The summed E-state index contributed by atoms with van der Waals surface area (Å²) in [7, 11) is 0. The summed E-state index contributed by atoms with van der Waals surface area (Å²) < 4.78 is 0. The highest BCUT2D eigenvalue weighted by Crippen LogP contribution is 2.10. The summed E-state index contributed by atoms with van der Waals surface area (Å²) >= 11 is 0. The minimum Gasteiger partial charge on any atom is -0.399 e. The highest BCUT2D eigenvalue weighted by Gasteiger charge is 2.23. The Morgan fingerprint density at radius 1 is 1.19 bits per heavy atom. The van der Waals surface area contributed by atoms with Gasteiger partial charge in [-0.25, -0.2) is 0 Å². The topological polar surface area (TPSA) is 75.4 Å². The van der Waals surface area contributed by atoms with Crippen molar-refractivity contribution in [3.05, 3.63) is 29.8 Å². The minimum absolute atomic E-state index is 0.0142. The van der Waals surface area contributed by atoms with Gasteiger partial charge >= 0.3 is 0 Å². The zero-order valence-corrected chi connectivity index (χ0v) is 12.5. The van der Waals surface area contributed by atoms with Crippen molar-refractivity contribution in [2.24, 2.45) is 0 Å². The number of hydrogen-bond donors (Lipinski definition) is 2. The Labute approximate surface area is 125 Å². The van der Waals surface area contributed by atoms with Crippen molar-refractivity contribution in [1.29, 1.82) is 0 Å². The Kier molecular flexibility index (Phi) is 5.20. The molecule has 1 atom stereocenters. The molecule has 0 saturated carbocycles. The summed E-state index contributed by atoms with van der Waals surface area (Å²) in [4.78, 5) is 26.1. The molecule has 1 aromatic carbocycles. The summed E-state index contributed by atoms with van der Waals surface area (Å²) in [6.07, 6.45) is 3.55. The molecule has 0 radical (unpaired) electrons. The van der Waals surface area contributed by atoms with Gasteiger partial charge in [0, 0.05) is 18.8 Å². The molecule has 1 fully saturated rings. The Morgan fingerprint density at radius 2 is 1.81 bits per heavy atom. The fourth-order valence-electron chi connectivity index (χ4n) is 2.56. The van der Waals surface area contributed by atoms with Gasteiger partial charge in [-0.3, -0.25) is 9.59 Å². The van der Waals surface area contributed by atoms with E-state index in [1.54, 1.807) is 19.1 Å². The van der Waals surface area contributed by atoms with Crippen LogP contribution in [0.5, 0.6) is 0 Å². The van der Waals surface area contributed by atoms with Crippen LogP contribution in [0.25, 0.3) is 0 Å². The number of anilines is 1. The molecule has 2 rings (SSSR count). The standard InChI is InChI=1S/C16H23N3O2/c1-12(16(21)19-9-3-2-4-10-19)18-15(20)11-13-5-7-14(17)8-6-13/h5-8,12H,2-4,9-11,17H2,1H3,(H,18,20). The lowest BCUT2D eigenvalue weighted by Gasteiger charge is -2.29. The maximum atomic E-state index is 12.2. The molecule has 1 aliphatic heterocycles. The van der Waals surface area contributed by atoms with Crippen LogP contribution in [0.3, 0.4) is 0 Å². The van der Waals surface area contributed by atoms with Crippen molar-refractivity contribution in [2.75, 3.05) is 18.8 Å². The number of nitrogens with two attached hydrogens (primary N) is 1. The van der Waals surface area contributed by atoms with Crippen LogP contribution in [-0.4, -0.2) is 35.8 Å². The molecule has 1 aromatic rings. The third-order valence-corrected chi connectivity index (χ3v) is 3.76. The Balaban J connectivity index is 1.83. The van der Waals surface area contributed by atoms with Crippen molar-refractivity contribution < 1.29 is 9.59 Å². The molecular weight excluding hydrogens is 266 g/mol. The minimum atomic E-state index is -0.468. The van der Waals surface area contributed by atoms with Crippen LogP contribution >= 0.6 is 0 Å². The van der Waals surface area contributed by atoms with Crippen molar-refractivity contribution in [3.63, 3.8) is 0 Å². The van der Waals surface area contributed by atoms with Crippen LogP contribution in [0.15, 0.2) is 24.3 Å². The van der Waals surface area contributed by atoms with Crippen LogP contribution in [0.2, 0.25) is 0 Å². The largest absolute Gasteiger partial charge is 0.399 e. The average molecular weight is 289 g/mol. The van der Waals surface area contributed by atoms with Crippen LogP contribution in [0, 0.1) is 0 Å². The number of nitrogens with zero attached hydrogens (tertiary/aromatic N) is 1. The Hall–Kier alpha value is -2.04. The van der Waals surface area contributed by atoms with Gasteiger partial charge in [0.2, 0.25) is 11.8 Å². The van der Waals surface area contributed by atoms with Gasteiger partial charge in [-0.15, -0.1) is 0 Å². The molecule has 1 saturated heterocycles. The van der Waals surface area contributed by atoms with Crippen LogP contribution in [-0.2, 0) is 16.0 Å². The SMILES string of the molecule is CC(NC(=O)Cc1ccc(N)cc1)C(=O)N1CCCCC1. The molecule has 5 nitrogen and oxygen atoms in total. The lowest BCUT2D eigenvalue weighted by Crippen LogP contribution is -2.48. The van der Waals surface area contributed by atoms with E-state index in [1.165, 1.54) is 6.42 Å². The van der Waals surface area contributed by atoms with Gasteiger partial charge in [0.1, 0.15) is 6.04 Å². The number of carbonyl (C=O) groups is 2. The quantitative estimate of drug-likeness (QED) is 0.821. The highest BCUT2D eigenvalue weighted by molar-refractivity contribution is 5.88. The maximum Gasteiger partial charge on any atom is 0.244 e. The van der Waals surface area contributed by atoms with E-state index in [9.17, 15) is 9.59 Å². The first-order chi connectivity index (χ1) is 10.1. The molecule has 1 unspecified atom stereocenters. The van der Waals surface area contributed by atoms with Crippen LogP contribution in [0.4, 0.5) is 5.69 Å². The van der Waals surface area contributed by atoms with E-state index >= 15 is 0 Å². The predicted molar refractivity (Wildman–Crippen MR) is 82.6 cm³/mol. The number of benzene rings is 1. The fourth-order valence-corrected chi connectivity index (χ4v) is 2.56. The van der Waals surface area contributed by atoms with Gasteiger partial charge in [-0.05, 0) is 43.9 Å². The molecule has 5 heteroatoms. The number of nitrogens with one attached hydrogen (secondary N) is 1. The van der Waals surface area contributed by atoms with E-state index in [0.29, 0.717) is 5.69 Å². The summed E-state index contributed by atoms with van der Waals surface area (Å²) in [6.45, 7) is 3.35. The molecule has 1 heterocycles. The van der Waals surface area contributed by atoms with Gasteiger partial charge in [0.05, 0.1) is 6.42 Å². The average Bonchev–Trinajstić information content (AvgIpc) is 2.49. The molecule has 1 aliphatic rings. The molecular formula is C16H23N3O2. The number of rotatable bonds is 4. The first-order valence-electron chi connectivity index (χ1n) is 7.49. The van der Waals surface area contributed by atoms with E-state index in [2.05, 4.69) is 5.32 Å². The third-order valence-electron chi connectivity index (χ3n) is 3.76. The lowest BCUT2D eigenvalue weighted by atomic mass is 10.1. The number of carbonyl (C=O) groups excluding carboxylic acids is 2. The molecule has 0 bridgehead atoms. The Bertz CT molecular complexity index is 493. The van der Waals surface area contributed by atoms with E-state index < -0.39 is 6.04 Å².